The van der Waals surface area contributed by atoms with Crippen LogP contribution in [0.2, 0.25) is 0 Å². The molecule has 0 radical (unpaired) electrons. The summed E-state index contributed by atoms with van der Waals surface area (Å²) in [5.74, 6) is 0. The van der Waals surface area contributed by atoms with Crippen LogP contribution >= 0.6 is 0 Å². The fraction of sp³-hybridized carbons (Fsp3) is 0.208. The van der Waals surface area contributed by atoms with Gasteiger partial charge in [-0.05, 0) is 120 Å². The zero-order chi connectivity index (χ0) is 36.7. The van der Waals surface area contributed by atoms with Crippen molar-refractivity contribution in [2.24, 2.45) is 0 Å². The molecule has 270 valence electrons. The fourth-order valence-corrected chi connectivity index (χ4v) is 10.6. The molecule has 10 rings (SSSR count). The molecule has 0 unspecified atom stereocenters. The van der Waals surface area contributed by atoms with E-state index in [0.29, 0.717) is 0 Å². The second-order valence-corrected chi connectivity index (χ2v) is 15.9. The average Bonchev–Trinajstić information content (AvgIpc) is 3.87. The minimum atomic E-state index is -0.0149. The Hall–Kier alpha value is -5.86. The second kappa shape index (κ2) is 14.1. The molecule has 0 amide bonds. The zero-order valence-electron chi connectivity index (χ0n) is 31.6. The molecule has 2 fully saturated rings. The molecule has 3 aliphatic carbocycles. The lowest BCUT2D eigenvalue weighted by atomic mass is 9.65. The van der Waals surface area contributed by atoms with Crippen LogP contribution in [-0.2, 0) is 10.8 Å². The summed E-state index contributed by atoms with van der Waals surface area (Å²) in [4.78, 5) is 4.87. The summed E-state index contributed by atoms with van der Waals surface area (Å²) in [6.45, 7) is 0. The van der Waals surface area contributed by atoms with Crippen molar-refractivity contribution >= 4 is 34.1 Å². The molecule has 0 bridgehead atoms. The maximum Gasteiger partial charge on any atom is 0.0543 e. The molecule has 1 spiro atoms. The van der Waals surface area contributed by atoms with Crippen LogP contribution in [0.5, 0.6) is 0 Å². The van der Waals surface area contributed by atoms with Gasteiger partial charge < -0.3 is 9.80 Å². The second-order valence-electron chi connectivity index (χ2n) is 15.9. The Bertz CT molecular complexity index is 2350. The summed E-state index contributed by atoms with van der Waals surface area (Å²) in [6, 6.07) is 67.9. The van der Waals surface area contributed by atoms with Gasteiger partial charge in [0.2, 0.25) is 0 Å². The number of hydrogen-bond acceptors (Lipinski definition) is 2. The Morgan fingerprint density at radius 2 is 0.727 bits per heavy atom. The van der Waals surface area contributed by atoms with Crippen molar-refractivity contribution in [2.75, 3.05) is 9.80 Å². The van der Waals surface area contributed by atoms with Gasteiger partial charge in [0.25, 0.3) is 0 Å². The fourth-order valence-electron chi connectivity index (χ4n) is 10.6. The molecule has 55 heavy (non-hydrogen) atoms. The molecule has 0 saturated heterocycles. The van der Waals surface area contributed by atoms with Crippen LogP contribution < -0.4 is 9.80 Å². The highest BCUT2D eigenvalue weighted by atomic mass is 15.1. The van der Waals surface area contributed by atoms with Gasteiger partial charge in [-0.15, -0.1) is 0 Å². The van der Waals surface area contributed by atoms with E-state index in [1.165, 1.54) is 125 Å². The molecule has 7 aromatic rings. The number of nitrogens with zero attached hydrogens (tertiary/aromatic N) is 2. The number of hydrogen-bond donors (Lipinski definition) is 0. The normalized spacial score (nSPS) is 16.4. The number of anilines is 6. The van der Waals surface area contributed by atoms with Gasteiger partial charge in [0.15, 0.2) is 0 Å². The number of rotatable bonds is 8. The van der Waals surface area contributed by atoms with Gasteiger partial charge in [0, 0.05) is 44.8 Å². The molecule has 2 nitrogen and oxygen atoms in total. The highest BCUT2D eigenvalue weighted by molar-refractivity contribution is 5.95. The van der Waals surface area contributed by atoms with E-state index in [1.807, 2.05) is 0 Å². The van der Waals surface area contributed by atoms with Crippen LogP contribution in [0.3, 0.4) is 0 Å². The van der Waals surface area contributed by atoms with Crippen LogP contribution in [-0.4, -0.2) is 0 Å². The molecular formula is C53H48N2. The summed E-state index contributed by atoms with van der Waals surface area (Å²) in [7, 11) is 0. The van der Waals surface area contributed by atoms with Crippen molar-refractivity contribution < 1.29 is 0 Å². The van der Waals surface area contributed by atoms with Gasteiger partial charge in [-0.3, -0.25) is 0 Å². The summed E-state index contributed by atoms with van der Waals surface area (Å²) in [6.07, 6.45) is 11.2. The number of benzene rings is 7. The Balaban J connectivity index is 1.05. The first-order chi connectivity index (χ1) is 27.3. The van der Waals surface area contributed by atoms with Crippen LogP contribution in [0, 0.1) is 0 Å². The lowest BCUT2D eigenvalue weighted by Crippen LogP contribution is -2.30. The SMILES string of the molecule is c1ccc(N(c2ccccc2)c2ccc(C3(c4ccc(N(c5ccccc5)c5cccc6c5-c5ccccc5C65CCCC5)cc4)CCCCC3)cc2)cc1. The topological polar surface area (TPSA) is 6.48 Å². The van der Waals surface area contributed by atoms with Crippen molar-refractivity contribution in [3.8, 4) is 11.1 Å². The van der Waals surface area contributed by atoms with Crippen LogP contribution in [0.25, 0.3) is 11.1 Å². The maximum absolute atomic E-state index is 2.51. The molecule has 7 aromatic carbocycles. The third-order valence-electron chi connectivity index (χ3n) is 13.1. The van der Waals surface area contributed by atoms with Crippen LogP contribution in [0.1, 0.15) is 80.0 Å². The van der Waals surface area contributed by atoms with Crippen molar-refractivity contribution in [1.29, 1.82) is 0 Å². The van der Waals surface area contributed by atoms with Gasteiger partial charge in [-0.1, -0.05) is 147 Å². The highest BCUT2D eigenvalue weighted by Gasteiger charge is 2.46. The summed E-state index contributed by atoms with van der Waals surface area (Å²) >= 11 is 0. The zero-order valence-corrected chi connectivity index (χ0v) is 31.6. The van der Waals surface area contributed by atoms with Gasteiger partial charge in [0.1, 0.15) is 0 Å². The van der Waals surface area contributed by atoms with Gasteiger partial charge in [0.05, 0.1) is 5.69 Å². The van der Waals surface area contributed by atoms with Crippen molar-refractivity contribution in [1.82, 2.24) is 0 Å². The first-order valence-electron chi connectivity index (χ1n) is 20.5. The molecule has 0 aliphatic heterocycles. The van der Waals surface area contributed by atoms with Gasteiger partial charge in [-0.25, -0.2) is 0 Å². The van der Waals surface area contributed by atoms with E-state index < -0.39 is 0 Å². The molecule has 0 aromatic heterocycles. The van der Waals surface area contributed by atoms with E-state index in [-0.39, 0.29) is 10.8 Å². The molecule has 2 saturated carbocycles. The van der Waals surface area contributed by atoms with E-state index in [2.05, 4.69) is 192 Å². The van der Waals surface area contributed by atoms with Crippen molar-refractivity contribution in [3.05, 3.63) is 204 Å². The van der Waals surface area contributed by atoms with E-state index in [9.17, 15) is 0 Å². The van der Waals surface area contributed by atoms with Crippen molar-refractivity contribution in [2.45, 2.75) is 68.6 Å². The van der Waals surface area contributed by atoms with Gasteiger partial charge in [-0.2, -0.15) is 0 Å². The minimum Gasteiger partial charge on any atom is -0.311 e. The molecule has 0 N–H and O–H groups in total. The van der Waals surface area contributed by atoms with Crippen molar-refractivity contribution in [3.63, 3.8) is 0 Å². The van der Waals surface area contributed by atoms with Gasteiger partial charge >= 0.3 is 0 Å². The molecule has 0 heterocycles. The Labute approximate surface area is 326 Å². The number of para-hydroxylation sites is 3. The minimum absolute atomic E-state index is 0.0149. The van der Waals surface area contributed by atoms with Crippen LogP contribution in [0.4, 0.5) is 34.1 Å². The third-order valence-corrected chi connectivity index (χ3v) is 13.1. The number of fused-ring (bicyclic) bond motifs is 5. The van der Waals surface area contributed by atoms with E-state index in [1.54, 1.807) is 0 Å². The largest absolute Gasteiger partial charge is 0.311 e. The molecule has 0 atom stereocenters. The highest BCUT2D eigenvalue weighted by Crippen LogP contribution is 2.60. The quantitative estimate of drug-likeness (QED) is 0.155. The lowest BCUT2D eigenvalue weighted by Gasteiger charge is -2.39. The molecule has 2 heteroatoms. The Kier molecular flexibility index (Phi) is 8.63. The molecule has 3 aliphatic rings. The van der Waals surface area contributed by atoms with E-state index in [0.717, 1.165) is 0 Å². The smallest absolute Gasteiger partial charge is 0.0543 e. The first kappa shape index (κ1) is 33.7. The molecular weight excluding hydrogens is 665 g/mol. The summed E-state index contributed by atoms with van der Waals surface area (Å²) in [5, 5.41) is 0. The maximum atomic E-state index is 2.51. The standard InChI is InChI=1S/C53H48N2/c1-5-18-42(19-6-1)54(43-20-7-2-8-21-43)45-32-28-40(29-33-45)52(36-13-4-14-37-52)41-30-34-46(35-31-41)55(44-22-9-3-10-23-44)50-27-17-26-49-51(50)47-24-11-12-25-48(47)53(49)38-15-16-39-53/h1-3,5-12,17-35H,4,13-16,36-39H2. The van der Waals surface area contributed by atoms with E-state index in [4.69, 9.17) is 0 Å². The summed E-state index contributed by atoms with van der Waals surface area (Å²) < 4.78 is 0. The first-order valence-corrected chi connectivity index (χ1v) is 20.5. The average molecular weight is 713 g/mol. The Morgan fingerprint density at radius 3 is 1.29 bits per heavy atom. The third kappa shape index (κ3) is 5.70. The Morgan fingerprint density at radius 1 is 0.309 bits per heavy atom. The predicted molar refractivity (Wildman–Crippen MR) is 231 cm³/mol. The van der Waals surface area contributed by atoms with Crippen LogP contribution in [0.15, 0.2) is 182 Å². The monoisotopic (exact) mass is 712 g/mol. The van der Waals surface area contributed by atoms with E-state index >= 15 is 0 Å². The lowest BCUT2D eigenvalue weighted by molar-refractivity contribution is 0.346. The predicted octanol–water partition coefficient (Wildman–Crippen LogP) is 14.7. The summed E-state index contributed by atoms with van der Waals surface area (Å²) in [5.41, 5.74) is 16.0.